The molecule has 27 heavy (non-hydrogen) atoms. The van der Waals surface area contributed by atoms with Gasteiger partial charge >= 0.3 is 6.61 Å². The Bertz CT molecular complexity index is 1020. The first kappa shape index (κ1) is 19.0. The van der Waals surface area contributed by atoms with E-state index in [-0.39, 0.29) is 33.1 Å². The summed E-state index contributed by atoms with van der Waals surface area (Å²) in [6.07, 6.45) is 0. The van der Waals surface area contributed by atoms with Crippen LogP contribution in [-0.4, -0.2) is 16.2 Å². The predicted octanol–water partition coefficient (Wildman–Crippen LogP) is 5.60. The van der Waals surface area contributed by atoms with Gasteiger partial charge in [-0.25, -0.2) is 13.8 Å². The second-order valence-corrected chi connectivity index (χ2v) is 5.85. The SMILES string of the molecule is N#Cc1cc(F)c(-c2c(Cl)nc(Cl)n2-c2ccc(OC(F)F)cc2)c(F)c1. The van der Waals surface area contributed by atoms with E-state index in [9.17, 15) is 17.6 Å². The van der Waals surface area contributed by atoms with Gasteiger partial charge in [0.15, 0.2) is 5.15 Å². The number of imidazole rings is 1. The van der Waals surface area contributed by atoms with Crippen molar-refractivity contribution >= 4 is 23.2 Å². The quantitative estimate of drug-likeness (QED) is 0.521. The smallest absolute Gasteiger partial charge is 0.387 e. The molecule has 10 heteroatoms. The van der Waals surface area contributed by atoms with E-state index >= 15 is 0 Å². The van der Waals surface area contributed by atoms with Crippen LogP contribution in [0.4, 0.5) is 17.6 Å². The molecule has 0 atom stereocenters. The summed E-state index contributed by atoms with van der Waals surface area (Å²) >= 11 is 12.1. The average molecular weight is 416 g/mol. The van der Waals surface area contributed by atoms with Gasteiger partial charge in [-0.3, -0.25) is 4.57 Å². The van der Waals surface area contributed by atoms with Gasteiger partial charge in [0.05, 0.1) is 22.9 Å². The van der Waals surface area contributed by atoms with Crippen LogP contribution >= 0.6 is 23.2 Å². The van der Waals surface area contributed by atoms with Crippen molar-refractivity contribution in [3.8, 4) is 28.8 Å². The highest BCUT2D eigenvalue weighted by molar-refractivity contribution is 6.34. The molecule has 0 spiro atoms. The molecule has 0 aliphatic heterocycles. The van der Waals surface area contributed by atoms with E-state index in [1.165, 1.54) is 24.3 Å². The molecule has 0 aliphatic rings. The first-order valence-electron chi connectivity index (χ1n) is 7.20. The van der Waals surface area contributed by atoms with Crippen LogP contribution < -0.4 is 4.74 Å². The third-order valence-electron chi connectivity index (χ3n) is 3.52. The van der Waals surface area contributed by atoms with Gasteiger partial charge in [0, 0.05) is 5.69 Å². The Hall–Kier alpha value is -2.76. The lowest BCUT2D eigenvalue weighted by Gasteiger charge is -2.12. The molecule has 0 saturated carbocycles. The van der Waals surface area contributed by atoms with Crippen LogP contribution in [0.3, 0.4) is 0 Å². The monoisotopic (exact) mass is 415 g/mol. The summed E-state index contributed by atoms with van der Waals surface area (Å²) in [5.41, 5.74) is -0.690. The molecule has 0 aliphatic carbocycles. The Morgan fingerprint density at radius 2 is 1.67 bits per heavy atom. The molecule has 0 unspecified atom stereocenters. The van der Waals surface area contributed by atoms with Crippen LogP contribution in [-0.2, 0) is 0 Å². The van der Waals surface area contributed by atoms with Gasteiger partial charge in [-0.05, 0) is 48.0 Å². The minimum atomic E-state index is -3.00. The standard InChI is InChI=1S/C17H7Cl2F4N3O/c18-15-14(13-11(20)5-8(7-24)6-12(13)21)26(16(19)25-15)9-1-3-10(4-2-9)27-17(22)23/h1-6,17H. The Labute approximate surface area is 160 Å². The molecule has 0 bridgehead atoms. The van der Waals surface area contributed by atoms with Crippen molar-refractivity contribution in [2.75, 3.05) is 0 Å². The van der Waals surface area contributed by atoms with Crippen molar-refractivity contribution in [1.82, 2.24) is 9.55 Å². The van der Waals surface area contributed by atoms with Gasteiger partial charge in [-0.2, -0.15) is 14.0 Å². The second kappa shape index (κ2) is 7.47. The molecule has 0 fully saturated rings. The summed E-state index contributed by atoms with van der Waals surface area (Å²) in [6, 6.07) is 8.45. The van der Waals surface area contributed by atoms with Crippen molar-refractivity contribution in [3.05, 3.63) is 64.0 Å². The molecule has 0 N–H and O–H groups in total. The first-order valence-corrected chi connectivity index (χ1v) is 7.96. The van der Waals surface area contributed by atoms with Crippen molar-refractivity contribution in [2.24, 2.45) is 0 Å². The molecule has 3 rings (SSSR count). The molecular weight excluding hydrogens is 409 g/mol. The third kappa shape index (κ3) is 3.70. The molecule has 0 radical (unpaired) electrons. The molecule has 4 nitrogen and oxygen atoms in total. The molecule has 0 saturated heterocycles. The van der Waals surface area contributed by atoms with E-state index in [1.54, 1.807) is 6.07 Å². The number of alkyl halides is 2. The van der Waals surface area contributed by atoms with E-state index in [2.05, 4.69) is 9.72 Å². The van der Waals surface area contributed by atoms with Crippen LogP contribution in [0.25, 0.3) is 16.9 Å². The summed E-state index contributed by atoms with van der Waals surface area (Å²) < 4.78 is 58.8. The fraction of sp³-hybridized carbons (Fsp3) is 0.0588. The first-order chi connectivity index (χ1) is 12.8. The van der Waals surface area contributed by atoms with E-state index in [0.717, 1.165) is 16.7 Å². The summed E-state index contributed by atoms with van der Waals surface area (Å²) in [4.78, 5) is 3.80. The maximum Gasteiger partial charge on any atom is 0.387 e. The van der Waals surface area contributed by atoms with Gasteiger partial charge in [0.1, 0.15) is 17.4 Å². The third-order valence-corrected chi connectivity index (χ3v) is 4.04. The molecule has 2 aromatic carbocycles. The topological polar surface area (TPSA) is 50.8 Å². The van der Waals surface area contributed by atoms with Crippen LogP contribution in [0.15, 0.2) is 36.4 Å². The number of hydrogen-bond acceptors (Lipinski definition) is 3. The number of rotatable bonds is 4. The van der Waals surface area contributed by atoms with Crippen molar-refractivity contribution in [2.45, 2.75) is 6.61 Å². The van der Waals surface area contributed by atoms with Crippen LogP contribution in [0.5, 0.6) is 5.75 Å². The highest BCUT2D eigenvalue weighted by Gasteiger charge is 2.24. The summed E-state index contributed by atoms with van der Waals surface area (Å²) in [6.45, 7) is -3.00. The van der Waals surface area contributed by atoms with Gasteiger partial charge in [0.25, 0.3) is 0 Å². The Morgan fingerprint density at radius 1 is 1.07 bits per heavy atom. The normalized spacial score (nSPS) is 10.9. The maximum absolute atomic E-state index is 14.4. The molecule has 138 valence electrons. The average Bonchev–Trinajstić information content (AvgIpc) is 2.88. The van der Waals surface area contributed by atoms with E-state index in [0.29, 0.717) is 0 Å². The van der Waals surface area contributed by atoms with Crippen molar-refractivity contribution in [1.29, 1.82) is 5.26 Å². The number of aromatic nitrogens is 2. The molecular formula is C17H7Cl2F4N3O. The predicted molar refractivity (Wildman–Crippen MR) is 90.3 cm³/mol. The molecule has 1 heterocycles. The Kier molecular flexibility index (Phi) is 5.26. The van der Waals surface area contributed by atoms with E-state index in [4.69, 9.17) is 28.5 Å². The zero-order chi connectivity index (χ0) is 19.7. The highest BCUT2D eigenvalue weighted by atomic mass is 35.5. The molecule has 0 amide bonds. The number of ether oxygens (including phenoxy) is 1. The summed E-state index contributed by atoms with van der Waals surface area (Å²) in [5.74, 6) is -2.19. The molecule has 3 aromatic rings. The van der Waals surface area contributed by atoms with Crippen LogP contribution in [0.1, 0.15) is 5.56 Å². The Morgan fingerprint density at radius 3 is 2.19 bits per heavy atom. The zero-order valence-electron chi connectivity index (χ0n) is 13.1. The van der Waals surface area contributed by atoms with Gasteiger partial charge in [0.2, 0.25) is 5.28 Å². The number of nitriles is 1. The highest BCUT2D eigenvalue weighted by Crippen LogP contribution is 2.37. The Balaban J connectivity index is 2.17. The van der Waals surface area contributed by atoms with E-state index < -0.39 is 23.8 Å². The van der Waals surface area contributed by atoms with Gasteiger partial charge in [-0.1, -0.05) is 11.6 Å². The number of hydrogen-bond donors (Lipinski definition) is 0. The zero-order valence-corrected chi connectivity index (χ0v) is 14.6. The minimum Gasteiger partial charge on any atom is -0.435 e. The number of benzene rings is 2. The van der Waals surface area contributed by atoms with Gasteiger partial charge in [-0.15, -0.1) is 0 Å². The van der Waals surface area contributed by atoms with Gasteiger partial charge < -0.3 is 4.74 Å². The molecule has 1 aromatic heterocycles. The van der Waals surface area contributed by atoms with E-state index in [1.807, 2.05) is 0 Å². The minimum absolute atomic E-state index is 0.117. The second-order valence-electron chi connectivity index (χ2n) is 5.15. The van der Waals surface area contributed by atoms with Crippen molar-refractivity contribution < 1.29 is 22.3 Å². The summed E-state index contributed by atoms with van der Waals surface area (Å²) in [5, 5.41) is 8.32. The summed E-state index contributed by atoms with van der Waals surface area (Å²) in [7, 11) is 0. The fourth-order valence-corrected chi connectivity index (χ4v) is 3.03. The number of nitrogens with zero attached hydrogens (tertiary/aromatic N) is 3. The van der Waals surface area contributed by atoms with Crippen molar-refractivity contribution in [3.63, 3.8) is 0 Å². The number of halogens is 6. The largest absolute Gasteiger partial charge is 0.435 e. The van der Waals surface area contributed by atoms with Crippen LogP contribution in [0, 0.1) is 23.0 Å². The lowest BCUT2D eigenvalue weighted by molar-refractivity contribution is -0.0498. The van der Waals surface area contributed by atoms with Crippen LogP contribution in [0.2, 0.25) is 10.4 Å². The lowest BCUT2D eigenvalue weighted by atomic mass is 10.1. The maximum atomic E-state index is 14.4. The lowest BCUT2D eigenvalue weighted by Crippen LogP contribution is -2.03. The fourth-order valence-electron chi connectivity index (χ4n) is 2.46.